The second-order valence-electron chi connectivity index (χ2n) is 3.81. The third-order valence-electron chi connectivity index (χ3n) is 2.81. The first-order valence-corrected chi connectivity index (χ1v) is 5.14. The summed E-state index contributed by atoms with van der Waals surface area (Å²) >= 11 is 0. The topological polar surface area (TPSA) is 20.3 Å². The number of benzene rings is 1. The van der Waals surface area contributed by atoms with Gasteiger partial charge in [-0.05, 0) is 31.4 Å². The lowest BCUT2D eigenvalue weighted by atomic mass is 9.91. The molecule has 74 valence electrons. The van der Waals surface area contributed by atoms with Gasteiger partial charge in [-0.2, -0.15) is 0 Å². The van der Waals surface area contributed by atoms with Gasteiger partial charge in [-0.1, -0.05) is 18.2 Å². The fourth-order valence-electron chi connectivity index (χ4n) is 1.88. The number of carbonyl (C=O) groups is 1. The van der Waals surface area contributed by atoms with Crippen molar-refractivity contribution < 1.29 is 4.79 Å². The van der Waals surface area contributed by atoms with Gasteiger partial charge in [-0.15, -0.1) is 0 Å². The summed E-state index contributed by atoms with van der Waals surface area (Å²) in [6.45, 7) is 1.64. The Kier molecular flexibility index (Phi) is 2.53. The molecule has 1 aliphatic rings. The van der Waals surface area contributed by atoms with E-state index in [9.17, 15) is 4.79 Å². The molecule has 2 nitrogen and oxygen atoms in total. The zero-order valence-corrected chi connectivity index (χ0v) is 8.44. The number of carbonyl (C=O) groups excluding carboxylic acids is 1. The predicted molar refractivity (Wildman–Crippen MR) is 57.2 cm³/mol. The van der Waals surface area contributed by atoms with Gasteiger partial charge in [0.25, 0.3) is 0 Å². The van der Waals surface area contributed by atoms with Crippen molar-refractivity contribution in [2.24, 2.45) is 0 Å². The molecule has 0 aromatic heterocycles. The monoisotopic (exact) mass is 189 g/mol. The molecule has 1 aliphatic carbocycles. The van der Waals surface area contributed by atoms with Crippen molar-refractivity contribution in [2.45, 2.75) is 32.2 Å². The molecule has 0 atom stereocenters. The molecular weight excluding hydrogens is 174 g/mol. The van der Waals surface area contributed by atoms with E-state index in [0.717, 1.165) is 18.5 Å². The Hall–Kier alpha value is -1.31. The maximum absolute atomic E-state index is 11.5. The number of amides is 1. The van der Waals surface area contributed by atoms with E-state index in [-0.39, 0.29) is 5.91 Å². The van der Waals surface area contributed by atoms with Crippen LogP contribution < -0.4 is 4.90 Å². The highest BCUT2D eigenvalue weighted by molar-refractivity contribution is 5.92. The summed E-state index contributed by atoms with van der Waals surface area (Å²) in [6, 6.07) is 10.4. The van der Waals surface area contributed by atoms with E-state index < -0.39 is 0 Å². The normalized spacial score (nSPS) is 16.1. The molecule has 2 rings (SSSR count). The highest BCUT2D eigenvalue weighted by Gasteiger charge is 2.27. The van der Waals surface area contributed by atoms with Gasteiger partial charge in [0, 0.05) is 18.7 Å². The van der Waals surface area contributed by atoms with Crippen LogP contribution in [0.25, 0.3) is 0 Å². The maximum atomic E-state index is 11.5. The van der Waals surface area contributed by atoms with E-state index in [1.165, 1.54) is 6.42 Å². The van der Waals surface area contributed by atoms with E-state index >= 15 is 0 Å². The quantitative estimate of drug-likeness (QED) is 0.700. The van der Waals surface area contributed by atoms with Gasteiger partial charge in [0.2, 0.25) is 5.91 Å². The first-order chi connectivity index (χ1) is 6.79. The van der Waals surface area contributed by atoms with E-state index in [1.54, 1.807) is 6.92 Å². The average Bonchev–Trinajstić information content (AvgIpc) is 2.12. The molecule has 0 unspecified atom stereocenters. The molecule has 0 bridgehead atoms. The van der Waals surface area contributed by atoms with E-state index in [2.05, 4.69) is 0 Å². The van der Waals surface area contributed by atoms with Crippen molar-refractivity contribution in [1.29, 1.82) is 0 Å². The summed E-state index contributed by atoms with van der Waals surface area (Å²) in [5.41, 5.74) is 1.03. The molecule has 1 aromatic rings. The minimum atomic E-state index is 0.154. The number of rotatable bonds is 2. The largest absolute Gasteiger partial charge is 0.310 e. The van der Waals surface area contributed by atoms with Gasteiger partial charge >= 0.3 is 0 Å². The van der Waals surface area contributed by atoms with Crippen molar-refractivity contribution in [3.05, 3.63) is 30.3 Å². The predicted octanol–water partition coefficient (Wildman–Crippen LogP) is 2.59. The van der Waals surface area contributed by atoms with Crippen LogP contribution in [0.3, 0.4) is 0 Å². The summed E-state index contributed by atoms with van der Waals surface area (Å²) in [5, 5.41) is 0. The van der Waals surface area contributed by atoms with Crippen molar-refractivity contribution in [3.8, 4) is 0 Å². The maximum Gasteiger partial charge on any atom is 0.224 e. The standard InChI is InChI=1S/C12H15NO/c1-10(14)13(12-8-5-9-12)11-6-3-2-4-7-11/h2-4,6-7,12H,5,8-9H2,1H3. The van der Waals surface area contributed by atoms with Crippen LogP contribution in [0.2, 0.25) is 0 Å². The first kappa shape index (κ1) is 9.25. The molecule has 2 heteroatoms. The summed E-state index contributed by atoms with van der Waals surface area (Å²) in [4.78, 5) is 13.4. The lowest BCUT2D eigenvalue weighted by Gasteiger charge is -2.36. The Morgan fingerprint density at radius 3 is 2.36 bits per heavy atom. The number of anilines is 1. The Labute approximate surface area is 84.5 Å². The van der Waals surface area contributed by atoms with Gasteiger partial charge in [0.15, 0.2) is 0 Å². The summed E-state index contributed by atoms with van der Waals surface area (Å²) < 4.78 is 0. The van der Waals surface area contributed by atoms with Crippen LogP contribution in [0, 0.1) is 0 Å². The fourth-order valence-corrected chi connectivity index (χ4v) is 1.88. The number of nitrogens with zero attached hydrogens (tertiary/aromatic N) is 1. The molecule has 14 heavy (non-hydrogen) atoms. The first-order valence-electron chi connectivity index (χ1n) is 5.14. The minimum absolute atomic E-state index is 0.154. The smallest absolute Gasteiger partial charge is 0.224 e. The molecule has 0 N–H and O–H groups in total. The molecule has 0 radical (unpaired) electrons. The van der Waals surface area contributed by atoms with Gasteiger partial charge < -0.3 is 4.90 Å². The molecule has 0 aliphatic heterocycles. The average molecular weight is 189 g/mol. The summed E-state index contributed by atoms with van der Waals surface area (Å²) in [6.07, 6.45) is 3.55. The van der Waals surface area contributed by atoms with E-state index in [1.807, 2.05) is 35.2 Å². The lowest BCUT2D eigenvalue weighted by Crippen LogP contribution is -2.43. The Morgan fingerprint density at radius 2 is 1.93 bits per heavy atom. The van der Waals surface area contributed by atoms with Crippen LogP contribution >= 0.6 is 0 Å². The number of para-hydroxylation sites is 1. The van der Waals surface area contributed by atoms with Crippen LogP contribution in [-0.2, 0) is 4.79 Å². The SMILES string of the molecule is CC(=O)N(c1ccccc1)C1CCC1. The summed E-state index contributed by atoms with van der Waals surface area (Å²) in [5.74, 6) is 0.154. The molecule has 1 amide bonds. The zero-order chi connectivity index (χ0) is 9.97. The van der Waals surface area contributed by atoms with Crippen LogP contribution in [-0.4, -0.2) is 11.9 Å². The van der Waals surface area contributed by atoms with Crippen molar-refractivity contribution in [2.75, 3.05) is 4.90 Å². The van der Waals surface area contributed by atoms with Crippen molar-refractivity contribution in [3.63, 3.8) is 0 Å². The minimum Gasteiger partial charge on any atom is -0.310 e. The van der Waals surface area contributed by atoms with Crippen LogP contribution in [0.1, 0.15) is 26.2 Å². The van der Waals surface area contributed by atoms with Crippen molar-refractivity contribution in [1.82, 2.24) is 0 Å². The molecule has 0 saturated heterocycles. The second-order valence-corrected chi connectivity index (χ2v) is 3.81. The zero-order valence-electron chi connectivity index (χ0n) is 8.44. The molecule has 0 heterocycles. The Bertz CT molecular complexity index is 316. The van der Waals surface area contributed by atoms with E-state index in [0.29, 0.717) is 6.04 Å². The number of hydrogen-bond donors (Lipinski definition) is 0. The van der Waals surface area contributed by atoms with Crippen molar-refractivity contribution >= 4 is 11.6 Å². The fraction of sp³-hybridized carbons (Fsp3) is 0.417. The van der Waals surface area contributed by atoms with Gasteiger partial charge in [-0.25, -0.2) is 0 Å². The Balaban J connectivity index is 2.22. The van der Waals surface area contributed by atoms with Gasteiger partial charge in [-0.3, -0.25) is 4.79 Å². The lowest BCUT2D eigenvalue weighted by molar-refractivity contribution is -0.117. The molecule has 1 fully saturated rings. The highest BCUT2D eigenvalue weighted by Crippen LogP contribution is 2.29. The van der Waals surface area contributed by atoms with Crippen LogP contribution in [0.5, 0.6) is 0 Å². The molecule has 0 spiro atoms. The second kappa shape index (κ2) is 3.82. The highest BCUT2D eigenvalue weighted by atomic mass is 16.2. The molecule has 1 saturated carbocycles. The third kappa shape index (κ3) is 1.65. The summed E-state index contributed by atoms with van der Waals surface area (Å²) in [7, 11) is 0. The molecular formula is C12H15NO. The molecule has 1 aromatic carbocycles. The van der Waals surface area contributed by atoms with Gasteiger partial charge in [0.1, 0.15) is 0 Å². The van der Waals surface area contributed by atoms with Crippen LogP contribution in [0.4, 0.5) is 5.69 Å². The number of hydrogen-bond acceptors (Lipinski definition) is 1. The van der Waals surface area contributed by atoms with E-state index in [4.69, 9.17) is 0 Å². The third-order valence-corrected chi connectivity index (χ3v) is 2.81. The van der Waals surface area contributed by atoms with Crippen LogP contribution in [0.15, 0.2) is 30.3 Å². The Morgan fingerprint density at radius 1 is 1.29 bits per heavy atom. The van der Waals surface area contributed by atoms with Gasteiger partial charge in [0.05, 0.1) is 0 Å².